The fourth-order valence-corrected chi connectivity index (χ4v) is 2.86. The van der Waals surface area contributed by atoms with Crippen molar-refractivity contribution in [3.63, 3.8) is 0 Å². The second-order valence-corrected chi connectivity index (χ2v) is 5.86. The molecule has 0 spiro atoms. The first-order valence-electron chi connectivity index (χ1n) is 6.73. The molecule has 0 aliphatic carbocycles. The van der Waals surface area contributed by atoms with Crippen molar-refractivity contribution in [3.8, 4) is 0 Å². The van der Waals surface area contributed by atoms with Gasteiger partial charge >= 0.3 is 0 Å². The van der Waals surface area contributed by atoms with E-state index >= 15 is 0 Å². The number of thiocarbonyl (C=S) groups is 1. The Morgan fingerprint density at radius 2 is 1.68 bits per heavy atom. The first-order chi connectivity index (χ1) is 8.94. The molecule has 0 amide bonds. The molecule has 2 atom stereocenters. The molecule has 0 bridgehead atoms. The Kier molecular flexibility index (Phi) is 4.42. The summed E-state index contributed by atoms with van der Waals surface area (Å²) in [6.07, 6.45) is 0.450. The third-order valence-corrected chi connectivity index (χ3v) is 3.54. The summed E-state index contributed by atoms with van der Waals surface area (Å²) in [5.74, 6) is 0. The van der Waals surface area contributed by atoms with E-state index in [1.54, 1.807) is 0 Å². The number of benzene rings is 1. The van der Waals surface area contributed by atoms with Crippen LogP contribution in [0.3, 0.4) is 0 Å². The molecule has 1 aliphatic heterocycles. The topological polar surface area (TPSA) is 24.5 Å². The van der Waals surface area contributed by atoms with E-state index in [4.69, 9.17) is 17.0 Å². The average molecular weight is 278 g/mol. The molecule has 1 aromatic carbocycles. The van der Waals surface area contributed by atoms with E-state index in [0.29, 0.717) is 0 Å². The number of nitrogens with zero attached hydrogens (tertiary/aromatic N) is 1. The summed E-state index contributed by atoms with van der Waals surface area (Å²) >= 11 is 5.51. The minimum atomic E-state index is 0.225. The summed E-state index contributed by atoms with van der Waals surface area (Å²) in [6.45, 7) is 10.1. The second-order valence-electron chi connectivity index (χ2n) is 5.47. The maximum atomic E-state index is 5.73. The molecule has 3 nitrogen and oxygen atoms in total. The maximum Gasteiger partial charge on any atom is 0.173 e. The molecule has 19 heavy (non-hydrogen) atoms. The van der Waals surface area contributed by atoms with E-state index in [1.807, 2.05) is 0 Å². The molecular weight excluding hydrogens is 256 g/mol. The number of nitrogens with one attached hydrogen (secondary N) is 1. The highest BCUT2D eigenvalue weighted by Crippen LogP contribution is 2.16. The quantitative estimate of drug-likeness (QED) is 0.798. The molecule has 4 heteroatoms. The van der Waals surface area contributed by atoms with Crippen molar-refractivity contribution in [2.75, 3.05) is 18.4 Å². The van der Waals surface area contributed by atoms with E-state index < -0.39 is 0 Å². The number of ether oxygens (including phenoxy) is 1. The SMILES string of the molecule is Cc1cc(C)cc(NC(=S)N2C[C@@H](C)O[C@H](C)C2)c1. The smallest absolute Gasteiger partial charge is 0.173 e. The van der Waals surface area contributed by atoms with Gasteiger partial charge in [-0.15, -0.1) is 0 Å². The van der Waals surface area contributed by atoms with Crippen LogP contribution >= 0.6 is 12.2 Å². The zero-order valence-electron chi connectivity index (χ0n) is 12.1. The molecular formula is C15H22N2OS. The highest BCUT2D eigenvalue weighted by Gasteiger charge is 2.23. The number of anilines is 1. The van der Waals surface area contributed by atoms with Crippen molar-refractivity contribution in [1.82, 2.24) is 4.90 Å². The monoisotopic (exact) mass is 278 g/mol. The number of morpholine rings is 1. The average Bonchev–Trinajstić information content (AvgIpc) is 2.25. The van der Waals surface area contributed by atoms with Gasteiger partial charge in [-0.3, -0.25) is 0 Å². The van der Waals surface area contributed by atoms with Crippen LogP contribution < -0.4 is 5.32 Å². The van der Waals surface area contributed by atoms with Gasteiger partial charge < -0.3 is 15.0 Å². The Balaban J connectivity index is 2.04. The number of hydrogen-bond acceptors (Lipinski definition) is 2. The lowest BCUT2D eigenvalue weighted by molar-refractivity contribution is -0.0473. The van der Waals surface area contributed by atoms with Crippen molar-refractivity contribution in [2.45, 2.75) is 39.9 Å². The van der Waals surface area contributed by atoms with Gasteiger partial charge in [0.15, 0.2) is 5.11 Å². The van der Waals surface area contributed by atoms with Gasteiger partial charge in [-0.1, -0.05) is 6.07 Å². The molecule has 1 aromatic rings. The van der Waals surface area contributed by atoms with E-state index in [-0.39, 0.29) is 12.2 Å². The molecule has 1 heterocycles. The predicted octanol–water partition coefficient (Wildman–Crippen LogP) is 3.11. The predicted molar refractivity (Wildman–Crippen MR) is 83.7 cm³/mol. The summed E-state index contributed by atoms with van der Waals surface area (Å²) < 4.78 is 5.73. The Morgan fingerprint density at radius 1 is 1.16 bits per heavy atom. The summed E-state index contributed by atoms with van der Waals surface area (Å²) in [6, 6.07) is 6.40. The van der Waals surface area contributed by atoms with Crippen molar-refractivity contribution in [2.24, 2.45) is 0 Å². The molecule has 1 N–H and O–H groups in total. The third kappa shape index (κ3) is 3.91. The van der Waals surface area contributed by atoms with Gasteiger partial charge in [0.05, 0.1) is 12.2 Å². The van der Waals surface area contributed by atoms with Crippen LogP contribution in [0.5, 0.6) is 0 Å². The first-order valence-corrected chi connectivity index (χ1v) is 7.14. The third-order valence-electron chi connectivity index (χ3n) is 3.18. The van der Waals surface area contributed by atoms with Crippen molar-refractivity contribution in [1.29, 1.82) is 0 Å². The Bertz CT molecular complexity index is 445. The van der Waals surface area contributed by atoms with E-state index in [9.17, 15) is 0 Å². The normalized spacial score (nSPS) is 23.3. The van der Waals surface area contributed by atoms with E-state index in [1.165, 1.54) is 11.1 Å². The first kappa shape index (κ1) is 14.3. The number of aryl methyl sites for hydroxylation is 2. The molecule has 0 unspecified atom stereocenters. The van der Waals surface area contributed by atoms with Crippen LogP contribution in [0, 0.1) is 13.8 Å². The van der Waals surface area contributed by atoms with Gasteiger partial charge in [-0.25, -0.2) is 0 Å². The molecule has 1 fully saturated rings. The van der Waals surface area contributed by atoms with Crippen LogP contribution in [0.4, 0.5) is 5.69 Å². The highest BCUT2D eigenvalue weighted by molar-refractivity contribution is 7.80. The van der Waals surface area contributed by atoms with Crippen molar-refractivity contribution >= 4 is 23.0 Å². The molecule has 1 saturated heterocycles. The fraction of sp³-hybridized carbons (Fsp3) is 0.533. The van der Waals surface area contributed by atoms with Gasteiger partial charge in [0, 0.05) is 18.8 Å². The Hall–Kier alpha value is -1.13. The summed E-state index contributed by atoms with van der Waals surface area (Å²) in [4.78, 5) is 2.19. The lowest BCUT2D eigenvalue weighted by atomic mass is 10.1. The molecule has 1 aliphatic rings. The molecule has 0 aromatic heterocycles. The van der Waals surface area contributed by atoms with Crippen LogP contribution in [0.15, 0.2) is 18.2 Å². The fourth-order valence-electron chi connectivity index (χ4n) is 2.59. The van der Waals surface area contributed by atoms with Gasteiger partial charge in [0.25, 0.3) is 0 Å². The van der Waals surface area contributed by atoms with Gasteiger partial charge in [-0.05, 0) is 63.2 Å². The van der Waals surface area contributed by atoms with Crippen LogP contribution in [0.2, 0.25) is 0 Å². The zero-order chi connectivity index (χ0) is 14.0. The largest absolute Gasteiger partial charge is 0.372 e. The van der Waals surface area contributed by atoms with Crippen molar-refractivity contribution in [3.05, 3.63) is 29.3 Å². The number of rotatable bonds is 1. The van der Waals surface area contributed by atoms with Crippen LogP contribution in [-0.2, 0) is 4.74 Å². The van der Waals surface area contributed by atoms with Crippen molar-refractivity contribution < 1.29 is 4.74 Å². The Morgan fingerprint density at radius 3 is 2.21 bits per heavy atom. The molecule has 0 saturated carbocycles. The minimum absolute atomic E-state index is 0.225. The zero-order valence-corrected chi connectivity index (χ0v) is 12.9. The number of hydrogen-bond donors (Lipinski definition) is 1. The maximum absolute atomic E-state index is 5.73. The van der Waals surface area contributed by atoms with Gasteiger partial charge in [0.2, 0.25) is 0 Å². The van der Waals surface area contributed by atoms with Crippen LogP contribution in [0.25, 0.3) is 0 Å². The second kappa shape index (κ2) is 5.88. The minimum Gasteiger partial charge on any atom is -0.372 e. The standard InChI is InChI=1S/C15H22N2OS/c1-10-5-11(2)7-14(6-10)16-15(19)17-8-12(3)18-13(4)9-17/h5-7,12-13H,8-9H2,1-4H3,(H,16,19)/t12-,13-/m1/s1. The molecule has 2 rings (SSSR count). The summed E-state index contributed by atoms with van der Waals surface area (Å²) in [5, 5.41) is 4.12. The van der Waals surface area contributed by atoms with Gasteiger partial charge in [0.1, 0.15) is 0 Å². The lowest BCUT2D eigenvalue weighted by Gasteiger charge is -2.37. The highest BCUT2D eigenvalue weighted by atomic mass is 32.1. The van der Waals surface area contributed by atoms with Gasteiger partial charge in [-0.2, -0.15) is 0 Å². The Labute approximate surface area is 120 Å². The molecule has 0 radical (unpaired) electrons. The van der Waals surface area contributed by atoms with E-state index in [2.05, 4.69) is 56.1 Å². The van der Waals surface area contributed by atoms with Crippen LogP contribution in [0.1, 0.15) is 25.0 Å². The summed E-state index contributed by atoms with van der Waals surface area (Å²) in [5.41, 5.74) is 3.55. The van der Waals surface area contributed by atoms with E-state index in [0.717, 1.165) is 23.9 Å². The summed E-state index contributed by atoms with van der Waals surface area (Å²) in [7, 11) is 0. The lowest BCUT2D eigenvalue weighted by Crippen LogP contribution is -2.49. The molecule has 104 valence electrons. The van der Waals surface area contributed by atoms with Crippen LogP contribution in [-0.4, -0.2) is 35.3 Å².